The van der Waals surface area contributed by atoms with Gasteiger partial charge in [0.25, 0.3) is 0 Å². The van der Waals surface area contributed by atoms with Gasteiger partial charge in [-0.15, -0.1) is 0 Å². The summed E-state index contributed by atoms with van der Waals surface area (Å²) in [5, 5.41) is -0.152. The summed E-state index contributed by atoms with van der Waals surface area (Å²) in [4.78, 5) is 18.7. The average Bonchev–Trinajstić information content (AvgIpc) is 2.58. The number of halogens is 3. The highest BCUT2D eigenvalue weighted by atomic mass is 32.2. The lowest BCUT2D eigenvalue weighted by Crippen LogP contribution is -2.11. The molecule has 0 saturated heterocycles. The van der Waals surface area contributed by atoms with E-state index in [-0.39, 0.29) is 16.6 Å². The molecule has 24 heavy (non-hydrogen) atoms. The maximum absolute atomic E-state index is 13.0. The molecule has 0 atom stereocenters. The molecule has 0 radical (unpaired) electrons. The zero-order valence-electron chi connectivity index (χ0n) is 12.8. The zero-order valence-corrected chi connectivity index (χ0v) is 13.6. The fraction of sp³-hybridized carbons (Fsp3) is 0.267. The predicted molar refractivity (Wildman–Crippen MR) is 81.8 cm³/mol. The number of esters is 1. The first-order valence-corrected chi connectivity index (χ1v) is 7.62. The molecule has 0 aliphatic heterocycles. The van der Waals surface area contributed by atoms with Gasteiger partial charge < -0.3 is 9.47 Å². The Hall–Kier alpha value is -2.29. The van der Waals surface area contributed by atoms with Crippen LogP contribution in [0.15, 0.2) is 35.5 Å². The summed E-state index contributed by atoms with van der Waals surface area (Å²) in [6.07, 6.45) is -4.62. The minimum Gasteiger partial charge on any atom is -0.497 e. The fourth-order valence-electron chi connectivity index (χ4n) is 1.73. The van der Waals surface area contributed by atoms with Crippen LogP contribution in [-0.2, 0) is 15.7 Å². The van der Waals surface area contributed by atoms with Crippen molar-refractivity contribution in [3.8, 4) is 17.0 Å². The van der Waals surface area contributed by atoms with Crippen LogP contribution in [0.3, 0.4) is 0 Å². The van der Waals surface area contributed by atoms with Gasteiger partial charge in [0.15, 0.2) is 5.16 Å². The Labute approximate surface area is 140 Å². The number of rotatable bonds is 5. The fourth-order valence-corrected chi connectivity index (χ4v) is 2.42. The number of nitrogens with zero attached hydrogens (tertiary/aromatic N) is 2. The molecule has 2 rings (SSSR count). The molecule has 128 valence electrons. The molecule has 1 aromatic heterocycles. The first kappa shape index (κ1) is 18.1. The van der Waals surface area contributed by atoms with E-state index in [0.29, 0.717) is 11.3 Å². The van der Waals surface area contributed by atoms with Crippen molar-refractivity contribution in [1.29, 1.82) is 0 Å². The Balaban J connectivity index is 2.39. The second-order valence-corrected chi connectivity index (χ2v) is 5.45. The number of alkyl halides is 3. The molecule has 0 bridgehead atoms. The first-order chi connectivity index (χ1) is 11.3. The smallest absolute Gasteiger partial charge is 0.433 e. The van der Waals surface area contributed by atoms with E-state index in [1.54, 1.807) is 24.3 Å². The summed E-state index contributed by atoms with van der Waals surface area (Å²) in [6.45, 7) is 0. The molecule has 5 nitrogen and oxygen atoms in total. The monoisotopic (exact) mass is 358 g/mol. The molecule has 0 aliphatic carbocycles. The lowest BCUT2D eigenvalue weighted by Gasteiger charge is -2.10. The molecule has 0 aliphatic rings. The summed E-state index contributed by atoms with van der Waals surface area (Å²) < 4.78 is 48.6. The predicted octanol–water partition coefficient (Wildman–Crippen LogP) is 3.44. The lowest BCUT2D eigenvalue weighted by atomic mass is 10.1. The van der Waals surface area contributed by atoms with Crippen molar-refractivity contribution in [2.75, 3.05) is 20.0 Å². The average molecular weight is 358 g/mol. The van der Waals surface area contributed by atoms with Crippen molar-refractivity contribution in [2.24, 2.45) is 0 Å². The molecule has 0 unspecified atom stereocenters. The first-order valence-electron chi connectivity index (χ1n) is 6.64. The minimum atomic E-state index is -4.62. The number of carbonyl (C=O) groups excluding carboxylic acids is 1. The van der Waals surface area contributed by atoms with Gasteiger partial charge in [-0.05, 0) is 30.3 Å². The van der Waals surface area contributed by atoms with Gasteiger partial charge in [-0.3, -0.25) is 4.79 Å². The van der Waals surface area contributed by atoms with E-state index < -0.39 is 17.8 Å². The summed E-state index contributed by atoms with van der Waals surface area (Å²) >= 11 is 0.778. The highest BCUT2D eigenvalue weighted by Gasteiger charge is 2.34. The maximum Gasteiger partial charge on any atom is 0.433 e. The van der Waals surface area contributed by atoms with Crippen LogP contribution in [-0.4, -0.2) is 35.9 Å². The van der Waals surface area contributed by atoms with Crippen LogP contribution in [0.1, 0.15) is 5.69 Å². The van der Waals surface area contributed by atoms with E-state index in [2.05, 4.69) is 14.7 Å². The van der Waals surface area contributed by atoms with Gasteiger partial charge in [-0.2, -0.15) is 13.2 Å². The van der Waals surface area contributed by atoms with Gasteiger partial charge in [-0.1, -0.05) is 11.8 Å². The van der Waals surface area contributed by atoms with Gasteiger partial charge in [0, 0.05) is 5.56 Å². The van der Waals surface area contributed by atoms with E-state index in [1.807, 2.05) is 0 Å². The number of methoxy groups -OCH3 is 2. The molecule has 2 aromatic rings. The Kier molecular flexibility index (Phi) is 5.66. The molecule has 0 fully saturated rings. The SMILES string of the molecule is COC(=O)CSc1nc(-c2ccc(OC)cc2)cc(C(F)(F)F)n1. The molecular formula is C15H13F3N2O3S. The third-order valence-electron chi connectivity index (χ3n) is 2.93. The standard InChI is InChI=1S/C15H13F3N2O3S/c1-22-10-5-3-9(4-6-10)11-7-12(15(16,17)18)20-14(19-11)24-8-13(21)23-2/h3-7H,8H2,1-2H3. The van der Waals surface area contributed by atoms with Gasteiger partial charge in [0.2, 0.25) is 0 Å². The van der Waals surface area contributed by atoms with E-state index >= 15 is 0 Å². The van der Waals surface area contributed by atoms with E-state index in [1.165, 1.54) is 14.2 Å². The van der Waals surface area contributed by atoms with Crippen molar-refractivity contribution in [3.05, 3.63) is 36.0 Å². The van der Waals surface area contributed by atoms with Crippen molar-refractivity contribution in [1.82, 2.24) is 9.97 Å². The number of ether oxygens (including phenoxy) is 2. The summed E-state index contributed by atoms with van der Waals surface area (Å²) in [6, 6.07) is 7.29. The number of hydrogen-bond donors (Lipinski definition) is 0. The molecule has 0 saturated carbocycles. The van der Waals surface area contributed by atoms with Gasteiger partial charge in [0.1, 0.15) is 11.4 Å². The van der Waals surface area contributed by atoms with Crippen LogP contribution in [0.5, 0.6) is 5.75 Å². The molecule has 9 heteroatoms. The van der Waals surface area contributed by atoms with Gasteiger partial charge >= 0.3 is 12.1 Å². The molecule has 0 spiro atoms. The molecule has 1 heterocycles. The Morgan fingerprint density at radius 1 is 1.17 bits per heavy atom. The second kappa shape index (κ2) is 7.52. The second-order valence-electron chi connectivity index (χ2n) is 4.51. The van der Waals surface area contributed by atoms with E-state index in [4.69, 9.17) is 4.74 Å². The molecule has 1 aromatic carbocycles. The van der Waals surface area contributed by atoms with Crippen LogP contribution >= 0.6 is 11.8 Å². The summed E-state index contributed by atoms with van der Waals surface area (Å²) in [5.74, 6) is -0.184. The minimum absolute atomic E-state index is 0.104. The number of carbonyl (C=O) groups is 1. The van der Waals surface area contributed by atoms with E-state index in [0.717, 1.165) is 17.8 Å². The quantitative estimate of drug-likeness (QED) is 0.464. The van der Waals surface area contributed by atoms with Crippen LogP contribution in [0.2, 0.25) is 0 Å². The lowest BCUT2D eigenvalue weighted by molar-refractivity contribution is -0.141. The molecule has 0 N–H and O–H groups in total. The molecular weight excluding hydrogens is 345 g/mol. The Morgan fingerprint density at radius 2 is 1.83 bits per heavy atom. The number of benzene rings is 1. The largest absolute Gasteiger partial charge is 0.497 e. The van der Waals surface area contributed by atoms with Crippen molar-refractivity contribution in [3.63, 3.8) is 0 Å². The highest BCUT2D eigenvalue weighted by Crippen LogP contribution is 2.32. The number of hydrogen-bond acceptors (Lipinski definition) is 6. The number of thioether (sulfide) groups is 1. The van der Waals surface area contributed by atoms with Crippen LogP contribution < -0.4 is 4.74 Å². The Morgan fingerprint density at radius 3 is 2.38 bits per heavy atom. The van der Waals surface area contributed by atoms with Crippen molar-refractivity contribution < 1.29 is 27.4 Å². The molecule has 0 amide bonds. The van der Waals surface area contributed by atoms with Crippen molar-refractivity contribution >= 4 is 17.7 Å². The van der Waals surface area contributed by atoms with Gasteiger partial charge in [-0.25, -0.2) is 9.97 Å². The third kappa shape index (κ3) is 4.60. The topological polar surface area (TPSA) is 61.3 Å². The highest BCUT2D eigenvalue weighted by molar-refractivity contribution is 7.99. The number of aromatic nitrogens is 2. The van der Waals surface area contributed by atoms with Crippen LogP contribution in [0.25, 0.3) is 11.3 Å². The maximum atomic E-state index is 13.0. The van der Waals surface area contributed by atoms with Crippen LogP contribution in [0, 0.1) is 0 Å². The van der Waals surface area contributed by atoms with E-state index in [9.17, 15) is 18.0 Å². The zero-order chi connectivity index (χ0) is 17.7. The normalized spacial score (nSPS) is 11.2. The van der Waals surface area contributed by atoms with Crippen LogP contribution in [0.4, 0.5) is 13.2 Å². The van der Waals surface area contributed by atoms with Crippen molar-refractivity contribution in [2.45, 2.75) is 11.3 Å². The third-order valence-corrected chi connectivity index (χ3v) is 3.75. The summed E-state index contributed by atoms with van der Waals surface area (Å²) in [5.41, 5.74) is -0.494. The van der Waals surface area contributed by atoms with Gasteiger partial charge in [0.05, 0.1) is 25.7 Å². The Bertz CT molecular complexity index is 721. The summed E-state index contributed by atoms with van der Waals surface area (Å²) in [7, 11) is 2.68.